The number of carbonyl (C=O) groups is 1. The van der Waals surface area contributed by atoms with Crippen molar-refractivity contribution in [1.29, 1.82) is 0 Å². The molecule has 20 heavy (non-hydrogen) atoms. The maximum absolute atomic E-state index is 11.4. The summed E-state index contributed by atoms with van der Waals surface area (Å²) in [5, 5.41) is 9.90. The number of rotatable bonds is 2. The van der Waals surface area contributed by atoms with Crippen molar-refractivity contribution in [3.8, 4) is 5.75 Å². The molecule has 0 amide bonds. The summed E-state index contributed by atoms with van der Waals surface area (Å²) in [6, 6.07) is 4.66. The first-order chi connectivity index (χ1) is 9.18. The van der Waals surface area contributed by atoms with Gasteiger partial charge in [0.1, 0.15) is 11.3 Å². The normalized spacial score (nSPS) is 19.9. The van der Waals surface area contributed by atoms with Crippen LogP contribution in [0.15, 0.2) is 18.2 Å². The Bertz CT molecular complexity index is 522. The van der Waals surface area contributed by atoms with Crippen molar-refractivity contribution in [2.45, 2.75) is 38.9 Å². The first-order valence-electron chi connectivity index (χ1n) is 6.45. The molecule has 0 saturated carbocycles. The summed E-state index contributed by atoms with van der Waals surface area (Å²) in [7, 11) is 0.696. The molecule has 0 spiro atoms. The fraction of sp³-hybridized carbons (Fsp3) is 0.500. The van der Waals surface area contributed by atoms with Crippen LogP contribution >= 0.6 is 0 Å². The second kappa shape index (κ2) is 4.79. The summed E-state index contributed by atoms with van der Waals surface area (Å²) in [4.78, 5) is 11.4. The molecular weight excluding hydrogens is 259 g/mol. The highest BCUT2D eigenvalue weighted by Crippen LogP contribution is 2.36. The van der Waals surface area contributed by atoms with E-state index in [1.165, 1.54) is 19.2 Å². The Kier molecular flexibility index (Phi) is 3.56. The molecular formula is C14H19BO5. The van der Waals surface area contributed by atoms with E-state index >= 15 is 0 Å². The molecule has 108 valence electrons. The highest BCUT2D eigenvalue weighted by atomic mass is 16.7. The maximum Gasteiger partial charge on any atom is 0.494 e. The van der Waals surface area contributed by atoms with Crippen LogP contribution in [0.5, 0.6) is 5.75 Å². The zero-order chi connectivity index (χ0) is 15.1. The van der Waals surface area contributed by atoms with Gasteiger partial charge in [0.05, 0.1) is 18.3 Å². The number of esters is 1. The summed E-state index contributed by atoms with van der Waals surface area (Å²) < 4.78 is 16.4. The maximum atomic E-state index is 11.4. The summed E-state index contributed by atoms with van der Waals surface area (Å²) in [5.41, 5.74) is -0.121. The predicted molar refractivity (Wildman–Crippen MR) is 75.2 cm³/mol. The summed E-state index contributed by atoms with van der Waals surface area (Å²) >= 11 is 0. The van der Waals surface area contributed by atoms with Gasteiger partial charge in [0, 0.05) is 0 Å². The lowest BCUT2D eigenvalue weighted by molar-refractivity contribution is 0.00578. The highest BCUT2D eigenvalue weighted by molar-refractivity contribution is 6.62. The van der Waals surface area contributed by atoms with Gasteiger partial charge in [-0.05, 0) is 45.3 Å². The topological polar surface area (TPSA) is 65.0 Å². The van der Waals surface area contributed by atoms with Gasteiger partial charge in [-0.25, -0.2) is 4.79 Å². The van der Waals surface area contributed by atoms with Gasteiger partial charge in [-0.15, -0.1) is 0 Å². The lowest BCUT2D eigenvalue weighted by atomic mass is 9.78. The molecule has 5 nitrogen and oxygen atoms in total. The summed E-state index contributed by atoms with van der Waals surface area (Å²) in [5.74, 6) is -0.730. The smallest absolute Gasteiger partial charge is 0.494 e. The highest BCUT2D eigenvalue weighted by Gasteiger charge is 2.51. The number of carbonyl (C=O) groups excluding carboxylic acids is 1. The first-order valence-corrected chi connectivity index (χ1v) is 6.45. The molecule has 1 aliphatic heterocycles. The van der Waals surface area contributed by atoms with E-state index in [1.807, 2.05) is 27.7 Å². The van der Waals surface area contributed by atoms with E-state index in [1.54, 1.807) is 6.07 Å². The molecule has 6 heteroatoms. The van der Waals surface area contributed by atoms with E-state index in [-0.39, 0.29) is 11.3 Å². The molecule has 1 saturated heterocycles. The van der Waals surface area contributed by atoms with E-state index in [2.05, 4.69) is 4.74 Å². The van der Waals surface area contributed by atoms with Crippen molar-refractivity contribution in [2.75, 3.05) is 7.11 Å². The zero-order valence-corrected chi connectivity index (χ0v) is 12.4. The third-order valence-electron chi connectivity index (χ3n) is 3.95. The third kappa shape index (κ3) is 2.41. The second-order valence-electron chi connectivity index (χ2n) is 5.86. The Morgan fingerprint density at radius 2 is 1.75 bits per heavy atom. The van der Waals surface area contributed by atoms with Crippen LogP contribution in [0, 0.1) is 0 Å². The largest absolute Gasteiger partial charge is 0.507 e. The van der Waals surface area contributed by atoms with Crippen molar-refractivity contribution in [2.24, 2.45) is 0 Å². The van der Waals surface area contributed by atoms with Gasteiger partial charge in [-0.1, -0.05) is 6.07 Å². The quantitative estimate of drug-likeness (QED) is 0.655. The monoisotopic (exact) mass is 278 g/mol. The van der Waals surface area contributed by atoms with Crippen LogP contribution in [0.3, 0.4) is 0 Å². The Labute approximate surface area is 119 Å². The molecule has 0 unspecified atom stereocenters. The van der Waals surface area contributed by atoms with Gasteiger partial charge in [-0.2, -0.15) is 0 Å². The summed E-state index contributed by atoms with van der Waals surface area (Å²) in [6.07, 6.45) is 0. The van der Waals surface area contributed by atoms with Crippen molar-refractivity contribution < 1.29 is 23.9 Å². The molecule has 2 rings (SSSR count). The molecule has 0 radical (unpaired) electrons. The van der Waals surface area contributed by atoms with E-state index in [4.69, 9.17) is 9.31 Å². The predicted octanol–water partition coefficient (Wildman–Crippen LogP) is 1.48. The SMILES string of the molecule is COC(=O)c1ccc(B2OC(C)(C)C(C)(C)O2)cc1O. The average molecular weight is 278 g/mol. The van der Waals surface area contributed by atoms with Gasteiger partial charge in [0.2, 0.25) is 0 Å². The number of hydrogen-bond acceptors (Lipinski definition) is 5. The molecule has 1 fully saturated rings. The number of aromatic hydroxyl groups is 1. The fourth-order valence-corrected chi connectivity index (χ4v) is 1.96. The fourth-order valence-electron chi connectivity index (χ4n) is 1.96. The van der Waals surface area contributed by atoms with Crippen LogP contribution < -0.4 is 5.46 Å². The van der Waals surface area contributed by atoms with E-state index < -0.39 is 24.3 Å². The standard InChI is InChI=1S/C14H19BO5/c1-13(2)14(3,4)20-15(19-13)9-6-7-10(11(16)8-9)12(17)18-5/h6-8,16H,1-5H3. The van der Waals surface area contributed by atoms with Crippen LogP contribution in [0.2, 0.25) is 0 Å². The van der Waals surface area contributed by atoms with Crippen molar-refractivity contribution >= 4 is 18.6 Å². The molecule has 1 heterocycles. The summed E-state index contributed by atoms with van der Waals surface area (Å²) in [6.45, 7) is 7.82. The lowest BCUT2D eigenvalue weighted by Gasteiger charge is -2.32. The molecule has 0 aromatic heterocycles. The zero-order valence-electron chi connectivity index (χ0n) is 12.4. The first kappa shape index (κ1) is 14.9. The van der Waals surface area contributed by atoms with Crippen LogP contribution in [-0.4, -0.2) is 36.5 Å². The van der Waals surface area contributed by atoms with Gasteiger partial charge in [0.25, 0.3) is 0 Å². The van der Waals surface area contributed by atoms with Crippen LogP contribution in [0.25, 0.3) is 0 Å². The van der Waals surface area contributed by atoms with Crippen LogP contribution in [0.4, 0.5) is 0 Å². The molecule has 1 N–H and O–H groups in total. The van der Waals surface area contributed by atoms with Gasteiger partial charge < -0.3 is 19.2 Å². The van der Waals surface area contributed by atoms with Gasteiger partial charge >= 0.3 is 13.1 Å². The molecule has 0 bridgehead atoms. The number of hydrogen-bond donors (Lipinski definition) is 1. The Morgan fingerprint density at radius 3 is 2.20 bits per heavy atom. The van der Waals surface area contributed by atoms with Crippen molar-refractivity contribution in [3.05, 3.63) is 23.8 Å². The molecule has 1 aliphatic rings. The second-order valence-corrected chi connectivity index (χ2v) is 5.86. The van der Waals surface area contributed by atoms with Crippen LogP contribution in [-0.2, 0) is 14.0 Å². The molecule has 0 aliphatic carbocycles. The third-order valence-corrected chi connectivity index (χ3v) is 3.95. The van der Waals surface area contributed by atoms with E-state index in [9.17, 15) is 9.90 Å². The Morgan fingerprint density at radius 1 is 1.20 bits per heavy atom. The van der Waals surface area contributed by atoms with Gasteiger partial charge in [-0.3, -0.25) is 0 Å². The Hall–Kier alpha value is -1.53. The number of phenolic OH excluding ortho intramolecular Hbond substituents is 1. The number of methoxy groups -OCH3 is 1. The Balaban J connectivity index is 2.28. The number of benzene rings is 1. The molecule has 1 aromatic carbocycles. The molecule has 1 aromatic rings. The average Bonchev–Trinajstić information content (AvgIpc) is 2.57. The number of ether oxygens (including phenoxy) is 1. The molecule has 0 atom stereocenters. The van der Waals surface area contributed by atoms with Crippen LogP contribution in [0.1, 0.15) is 38.1 Å². The minimum atomic E-state index is -0.581. The minimum Gasteiger partial charge on any atom is -0.507 e. The van der Waals surface area contributed by atoms with Crippen molar-refractivity contribution in [3.63, 3.8) is 0 Å². The van der Waals surface area contributed by atoms with E-state index in [0.29, 0.717) is 5.46 Å². The number of phenols is 1. The minimum absolute atomic E-state index is 0.118. The van der Waals surface area contributed by atoms with Crippen molar-refractivity contribution in [1.82, 2.24) is 0 Å². The van der Waals surface area contributed by atoms with E-state index in [0.717, 1.165) is 0 Å². The lowest BCUT2D eigenvalue weighted by Crippen LogP contribution is -2.41. The van der Waals surface area contributed by atoms with Gasteiger partial charge in [0.15, 0.2) is 0 Å².